The molecule has 2 aromatic carbocycles. The van der Waals surface area contributed by atoms with E-state index in [2.05, 4.69) is 26.0 Å². The Balaban J connectivity index is 1.92. The zero-order chi connectivity index (χ0) is 19.6. The molecule has 0 aliphatic rings. The van der Waals surface area contributed by atoms with Crippen LogP contribution in [0.25, 0.3) is 0 Å². The van der Waals surface area contributed by atoms with Crippen LogP contribution in [0.15, 0.2) is 47.2 Å². The fourth-order valence-corrected chi connectivity index (χ4v) is 2.97. The SMILES string of the molecule is Cc1ccc(C(=O)N(Cc2ncn(C)n2)Cc2ccc(F)cc2F)cc1Br. The van der Waals surface area contributed by atoms with Crippen LogP contribution in [0.5, 0.6) is 0 Å². The molecule has 5 nitrogen and oxygen atoms in total. The molecule has 0 aliphatic heterocycles. The van der Waals surface area contributed by atoms with Gasteiger partial charge in [0, 0.05) is 35.3 Å². The van der Waals surface area contributed by atoms with E-state index >= 15 is 0 Å². The van der Waals surface area contributed by atoms with Gasteiger partial charge in [-0.3, -0.25) is 9.48 Å². The number of carbonyl (C=O) groups is 1. The molecule has 0 bridgehead atoms. The highest BCUT2D eigenvalue weighted by molar-refractivity contribution is 9.10. The van der Waals surface area contributed by atoms with Crippen molar-refractivity contribution in [3.63, 3.8) is 0 Å². The van der Waals surface area contributed by atoms with Crippen LogP contribution in [0, 0.1) is 18.6 Å². The predicted molar refractivity (Wildman–Crippen MR) is 99.8 cm³/mol. The van der Waals surface area contributed by atoms with Gasteiger partial charge in [-0.05, 0) is 30.7 Å². The molecule has 0 N–H and O–H groups in total. The summed E-state index contributed by atoms with van der Waals surface area (Å²) in [6.07, 6.45) is 1.53. The second-order valence-corrected chi connectivity index (χ2v) is 7.05. The highest BCUT2D eigenvalue weighted by Gasteiger charge is 2.20. The number of hydrogen-bond acceptors (Lipinski definition) is 3. The van der Waals surface area contributed by atoms with Crippen LogP contribution in [0.4, 0.5) is 8.78 Å². The Hall–Kier alpha value is -2.61. The lowest BCUT2D eigenvalue weighted by Gasteiger charge is -2.22. The Morgan fingerprint density at radius 1 is 1.19 bits per heavy atom. The van der Waals surface area contributed by atoms with Gasteiger partial charge >= 0.3 is 0 Å². The Morgan fingerprint density at radius 2 is 1.96 bits per heavy atom. The molecule has 3 aromatic rings. The molecule has 0 aliphatic carbocycles. The lowest BCUT2D eigenvalue weighted by Crippen LogP contribution is -2.31. The molecule has 0 atom stereocenters. The number of hydrogen-bond donors (Lipinski definition) is 0. The Morgan fingerprint density at radius 3 is 2.59 bits per heavy atom. The van der Waals surface area contributed by atoms with Gasteiger partial charge < -0.3 is 4.90 Å². The first-order chi connectivity index (χ1) is 12.8. The van der Waals surface area contributed by atoms with E-state index in [4.69, 9.17) is 0 Å². The summed E-state index contributed by atoms with van der Waals surface area (Å²) in [5.74, 6) is -1.23. The number of nitrogens with zero attached hydrogens (tertiary/aromatic N) is 4. The molecular formula is C19H17BrF2N4O. The quantitative estimate of drug-likeness (QED) is 0.609. The number of carbonyl (C=O) groups excluding carboxylic acids is 1. The van der Waals surface area contributed by atoms with Gasteiger partial charge in [-0.1, -0.05) is 28.1 Å². The van der Waals surface area contributed by atoms with E-state index in [1.807, 2.05) is 13.0 Å². The zero-order valence-corrected chi connectivity index (χ0v) is 16.4. The van der Waals surface area contributed by atoms with E-state index < -0.39 is 11.6 Å². The molecule has 0 saturated heterocycles. The lowest BCUT2D eigenvalue weighted by atomic mass is 10.1. The lowest BCUT2D eigenvalue weighted by molar-refractivity contribution is 0.0723. The molecule has 0 radical (unpaired) electrons. The van der Waals surface area contributed by atoms with Gasteiger partial charge in [-0.25, -0.2) is 13.8 Å². The van der Waals surface area contributed by atoms with Crippen LogP contribution in [-0.2, 0) is 20.1 Å². The Labute approximate surface area is 163 Å². The van der Waals surface area contributed by atoms with Crippen molar-refractivity contribution in [2.45, 2.75) is 20.0 Å². The van der Waals surface area contributed by atoms with Crippen molar-refractivity contribution in [3.05, 3.63) is 81.3 Å². The summed E-state index contributed by atoms with van der Waals surface area (Å²) in [5, 5.41) is 4.19. The highest BCUT2D eigenvalue weighted by Crippen LogP contribution is 2.21. The van der Waals surface area contributed by atoms with Gasteiger partial charge in [0.25, 0.3) is 5.91 Å². The second kappa shape index (κ2) is 7.96. The summed E-state index contributed by atoms with van der Waals surface area (Å²) in [6.45, 7) is 1.98. The maximum Gasteiger partial charge on any atom is 0.254 e. The second-order valence-electron chi connectivity index (χ2n) is 6.20. The maximum atomic E-state index is 14.1. The summed E-state index contributed by atoms with van der Waals surface area (Å²) in [5.41, 5.74) is 1.66. The summed E-state index contributed by atoms with van der Waals surface area (Å²) in [6, 6.07) is 8.57. The van der Waals surface area contributed by atoms with E-state index in [9.17, 15) is 13.6 Å². The van der Waals surface area contributed by atoms with Gasteiger partial charge in [0.2, 0.25) is 0 Å². The normalized spacial score (nSPS) is 10.9. The Kier molecular flexibility index (Phi) is 5.65. The predicted octanol–water partition coefficient (Wildman–Crippen LogP) is 4.01. The molecule has 8 heteroatoms. The molecule has 3 rings (SSSR count). The van der Waals surface area contributed by atoms with Crippen molar-refractivity contribution >= 4 is 21.8 Å². The molecule has 140 valence electrons. The van der Waals surface area contributed by atoms with Crippen LogP contribution < -0.4 is 0 Å². The minimum Gasteiger partial charge on any atom is -0.327 e. The standard InChI is InChI=1S/C19H17BrF2N4O/c1-12-3-4-13(7-16(12)20)19(27)26(10-18-23-11-25(2)24-18)9-14-5-6-15(21)8-17(14)22/h3-8,11H,9-10H2,1-2H3. The summed E-state index contributed by atoms with van der Waals surface area (Å²) in [4.78, 5) is 18.6. The Bertz CT molecular complexity index is 990. The first-order valence-electron chi connectivity index (χ1n) is 8.17. The number of aromatic nitrogens is 3. The van der Waals surface area contributed by atoms with Crippen molar-refractivity contribution < 1.29 is 13.6 Å². The number of amides is 1. The van der Waals surface area contributed by atoms with Crippen molar-refractivity contribution in [1.82, 2.24) is 19.7 Å². The van der Waals surface area contributed by atoms with E-state index in [1.165, 1.54) is 28.0 Å². The molecule has 1 aromatic heterocycles. The third-order valence-electron chi connectivity index (χ3n) is 4.06. The third kappa shape index (κ3) is 4.57. The molecule has 0 fully saturated rings. The first kappa shape index (κ1) is 19.2. The third-order valence-corrected chi connectivity index (χ3v) is 4.92. The smallest absolute Gasteiger partial charge is 0.254 e. The minimum atomic E-state index is -0.702. The zero-order valence-electron chi connectivity index (χ0n) is 14.8. The monoisotopic (exact) mass is 434 g/mol. The molecule has 0 unspecified atom stereocenters. The van der Waals surface area contributed by atoms with Crippen LogP contribution >= 0.6 is 15.9 Å². The van der Waals surface area contributed by atoms with Crippen LogP contribution in [0.2, 0.25) is 0 Å². The van der Waals surface area contributed by atoms with Crippen molar-refractivity contribution in [2.75, 3.05) is 0 Å². The summed E-state index contributed by atoms with van der Waals surface area (Å²) < 4.78 is 29.6. The van der Waals surface area contributed by atoms with Gasteiger partial charge in [-0.15, -0.1) is 0 Å². The van der Waals surface area contributed by atoms with Crippen molar-refractivity contribution in [2.24, 2.45) is 7.05 Å². The van der Waals surface area contributed by atoms with Crippen molar-refractivity contribution in [1.29, 1.82) is 0 Å². The maximum absolute atomic E-state index is 14.1. The summed E-state index contributed by atoms with van der Waals surface area (Å²) in [7, 11) is 1.72. The molecule has 0 saturated carbocycles. The number of rotatable bonds is 5. The van der Waals surface area contributed by atoms with Gasteiger partial charge in [0.1, 0.15) is 18.0 Å². The van der Waals surface area contributed by atoms with Gasteiger partial charge in [-0.2, -0.15) is 5.10 Å². The summed E-state index contributed by atoms with van der Waals surface area (Å²) >= 11 is 3.42. The molecule has 1 heterocycles. The van der Waals surface area contributed by atoms with E-state index in [1.54, 1.807) is 19.2 Å². The van der Waals surface area contributed by atoms with Crippen LogP contribution in [-0.4, -0.2) is 25.6 Å². The van der Waals surface area contributed by atoms with Crippen LogP contribution in [0.1, 0.15) is 27.3 Å². The van der Waals surface area contributed by atoms with Gasteiger partial charge in [0.15, 0.2) is 5.82 Å². The number of halogens is 3. The molecule has 1 amide bonds. The average molecular weight is 435 g/mol. The first-order valence-corrected chi connectivity index (χ1v) is 8.96. The minimum absolute atomic E-state index is 0.0330. The fourth-order valence-electron chi connectivity index (χ4n) is 2.59. The number of benzene rings is 2. The molecule has 0 spiro atoms. The highest BCUT2D eigenvalue weighted by atomic mass is 79.9. The van der Waals surface area contributed by atoms with Crippen molar-refractivity contribution in [3.8, 4) is 0 Å². The van der Waals surface area contributed by atoms with E-state index in [-0.39, 0.29) is 24.6 Å². The largest absolute Gasteiger partial charge is 0.327 e. The van der Waals surface area contributed by atoms with E-state index in [0.29, 0.717) is 11.4 Å². The molecular weight excluding hydrogens is 418 g/mol. The van der Waals surface area contributed by atoms with E-state index in [0.717, 1.165) is 16.1 Å². The van der Waals surface area contributed by atoms with Crippen LogP contribution in [0.3, 0.4) is 0 Å². The topological polar surface area (TPSA) is 51.0 Å². The number of aryl methyl sites for hydroxylation is 2. The average Bonchev–Trinajstić information content (AvgIpc) is 3.03. The molecule has 27 heavy (non-hydrogen) atoms. The van der Waals surface area contributed by atoms with Gasteiger partial charge in [0.05, 0.1) is 6.54 Å². The fraction of sp³-hybridized carbons (Fsp3) is 0.211.